The zero-order chi connectivity index (χ0) is 22.7. The topological polar surface area (TPSA) is 73.6 Å². The Morgan fingerprint density at radius 2 is 1.19 bits per heavy atom. The number of benzene rings is 2. The molecule has 32 heavy (non-hydrogen) atoms. The smallest absolute Gasteiger partial charge is 0.394 e. The standard InChI is InChI=1S/C25H30N4O3/c1-28(2)13-11-17-15-26-19-7-5-9-21(23(17)19)31-25(30)32-22-10-6-8-20-24(22)18(16-27-20)12-14-29(3)4/h5-10,15-16,26-27H,11-14H2,1-4H3. The number of fused-ring (bicyclic) bond motifs is 2. The van der Waals surface area contributed by atoms with E-state index in [1.165, 1.54) is 0 Å². The number of aromatic amines is 2. The van der Waals surface area contributed by atoms with Gasteiger partial charge in [0, 0.05) is 47.3 Å². The van der Waals surface area contributed by atoms with Gasteiger partial charge in [-0.15, -0.1) is 0 Å². The molecule has 7 nitrogen and oxygen atoms in total. The van der Waals surface area contributed by atoms with Gasteiger partial charge in [0.05, 0.1) is 0 Å². The summed E-state index contributed by atoms with van der Waals surface area (Å²) in [6.07, 6.45) is 4.90. The first-order valence-corrected chi connectivity index (χ1v) is 10.8. The monoisotopic (exact) mass is 434 g/mol. The SMILES string of the molecule is CN(C)CCc1c[nH]c2cccc(OC(=O)Oc3cccc4[nH]cc(CCN(C)C)c34)c12. The Kier molecular flexibility index (Phi) is 6.48. The Bertz CT molecular complexity index is 1130. The number of likely N-dealkylation sites (N-methyl/N-ethyl adjacent to an activating group) is 2. The Morgan fingerprint density at radius 1 is 0.750 bits per heavy atom. The van der Waals surface area contributed by atoms with Gasteiger partial charge < -0.3 is 29.2 Å². The van der Waals surface area contributed by atoms with Gasteiger partial charge in [0.2, 0.25) is 0 Å². The number of hydrogen-bond acceptors (Lipinski definition) is 5. The minimum absolute atomic E-state index is 0.497. The van der Waals surface area contributed by atoms with Crippen LogP contribution in [0, 0.1) is 0 Å². The van der Waals surface area contributed by atoms with Crippen molar-refractivity contribution in [2.24, 2.45) is 0 Å². The van der Waals surface area contributed by atoms with E-state index in [9.17, 15) is 4.79 Å². The number of nitrogens with zero attached hydrogens (tertiary/aromatic N) is 2. The maximum Gasteiger partial charge on any atom is 0.519 e. The molecule has 0 amide bonds. The summed E-state index contributed by atoms with van der Waals surface area (Å²) in [4.78, 5) is 23.6. The average Bonchev–Trinajstić information content (AvgIpc) is 3.36. The predicted octanol–water partition coefficient (Wildman–Crippen LogP) is 4.44. The molecule has 2 aromatic carbocycles. The van der Waals surface area contributed by atoms with Crippen LogP contribution in [0.2, 0.25) is 0 Å². The molecular formula is C25H30N4O3. The van der Waals surface area contributed by atoms with Gasteiger partial charge in [-0.25, -0.2) is 4.79 Å². The fraction of sp³-hybridized carbons (Fsp3) is 0.320. The van der Waals surface area contributed by atoms with E-state index in [0.29, 0.717) is 11.5 Å². The molecule has 4 aromatic rings. The number of ether oxygens (including phenoxy) is 2. The molecule has 0 saturated carbocycles. The van der Waals surface area contributed by atoms with Crippen molar-refractivity contribution in [3.05, 3.63) is 59.9 Å². The lowest BCUT2D eigenvalue weighted by molar-refractivity contribution is 0.153. The van der Waals surface area contributed by atoms with E-state index in [2.05, 4.69) is 19.8 Å². The highest BCUT2D eigenvalue weighted by atomic mass is 16.7. The molecule has 0 aliphatic heterocycles. The molecule has 0 radical (unpaired) electrons. The van der Waals surface area contributed by atoms with Crippen LogP contribution in [0.5, 0.6) is 11.5 Å². The first-order chi connectivity index (χ1) is 15.4. The highest BCUT2D eigenvalue weighted by molar-refractivity contribution is 5.93. The summed E-state index contributed by atoms with van der Waals surface area (Å²) in [5, 5.41) is 1.83. The number of hydrogen-bond donors (Lipinski definition) is 2. The molecule has 0 bridgehead atoms. The van der Waals surface area contributed by atoms with Crippen molar-refractivity contribution in [3.8, 4) is 11.5 Å². The third-order valence-electron chi connectivity index (χ3n) is 5.54. The van der Waals surface area contributed by atoms with Crippen molar-refractivity contribution in [1.29, 1.82) is 0 Å². The molecule has 0 aliphatic rings. The van der Waals surface area contributed by atoms with E-state index < -0.39 is 6.16 Å². The zero-order valence-corrected chi connectivity index (χ0v) is 19.1. The minimum Gasteiger partial charge on any atom is -0.394 e. The number of H-pyrrole nitrogens is 2. The summed E-state index contributed by atoms with van der Waals surface area (Å²) >= 11 is 0. The van der Waals surface area contributed by atoms with Crippen molar-refractivity contribution < 1.29 is 14.3 Å². The van der Waals surface area contributed by atoms with Crippen LogP contribution in [-0.4, -0.2) is 67.2 Å². The molecule has 2 heterocycles. The van der Waals surface area contributed by atoms with Gasteiger partial charge in [-0.1, -0.05) is 12.1 Å². The lowest BCUT2D eigenvalue weighted by atomic mass is 10.1. The largest absolute Gasteiger partial charge is 0.519 e. The van der Waals surface area contributed by atoms with Crippen LogP contribution in [-0.2, 0) is 12.8 Å². The second kappa shape index (κ2) is 9.46. The van der Waals surface area contributed by atoms with Crippen LogP contribution < -0.4 is 9.47 Å². The maximum atomic E-state index is 12.8. The summed E-state index contributed by atoms with van der Waals surface area (Å²) in [5.41, 5.74) is 4.08. The molecule has 7 heteroatoms. The molecule has 0 spiro atoms. The van der Waals surface area contributed by atoms with E-state index in [0.717, 1.165) is 58.9 Å². The van der Waals surface area contributed by atoms with Crippen molar-refractivity contribution in [2.45, 2.75) is 12.8 Å². The minimum atomic E-state index is -0.746. The Morgan fingerprint density at radius 3 is 1.59 bits per heavy atom. The molecular weight excluding hydrogens is 404 g/mol. The number of aromatic nitrogens is 2. The van der Waals surface area contributed by atoms with Gasteiger partial charge in [-0.05, 0) is 76.4 Å². The van der Waals surface area contributed by atoms with Crippen molar-refractivity contribution >= 4 is 28.0 Å². The van der Waals surface area contributed by atoms with Crippen molar-refractivity contribution in [1.82, 2.24) is 19.8 Å². The van der Waals surface area contributed by atoms with Crippen LogP contribution in [0.4, 0.5) is 4.79 Å². The molecule has 0 saturated heterocycles. The van der Waals surface area contributed by atoms with E-state index in [4.69, 9.17) is 9.47 Å². The van der Waals surface area contributed by atoms with E-state index in [-0.39, 0.29) is 0 Å². The summed E-state index contributed by atoms with van der Waals surface area (Å²) in [5.74, 6) is 0.994. The average molecular weight is 435 g/mol. The van der Waals surface area contributed by atoms with E-state index >= 15 is 0 Å². The Balaban J connectivity index is 1.57. The maximum absolute atomic E-state index is 12.8. The van der Waals surface area contributed by atoms with Crippen LogP contribution in [0.25, 0.3) is 21.8 Å². The normalized spacial score (nSPS) is 11.7. The fourth-order valence-electron chi connectivity index (χ4n) is 3.89. The Hall–Kier alpha value is -3.29. The number of carbonyl (C=O) groups excluding carboxylic acids is 1. The third-order valence-corrected chi connectivity index (χ3v) is 5.54. The first kappa shape index (κ1) is 21.9. The lowest BCUT2D eigenvalue weighted by Gasteiger charge is -2.12. The second-order valence-corrected chi connectivity index (χ2v) is 8.55. The predicted molar refractivity (Wildman–Crippen MR) is 128 cm³/mol. The van der Waals surface area contributed by atoms with Gasteiger partial charge in [-0.2, -0.15) is 0 Å². The Labute approximate surface area is 187 Å². The van der Waals surface area contributed by atoms with E-state index in [1.807, 2.05) is 64.8 Å². The van der Waals surface area contributed by atoms with Gasteiger partial charge >= 0.3 is 6.16 Å². The van der Waals surface area contributed by atoms with Crippen molar-refractivity contribution in [2.75, 3.05) is 41.3 Å². The fourth-order valence-corrected chi connectivity index (χ4v) is 3.89. The summed E-state index contributed by atoms with van der Waals surface area (Å²) in [6.45, 7) is 1.80. The molecule has 168 valence electrons. The van der Waals surface area contributed by atoms with Crippen molar-refractivity contribution in [3.63, 3.8) is 0 Å². The van der Waals surface area contributed by atoms with Crippen LogP contribution >= 0.6 is 0 Å². The van der Waals surface area contributed by atoms with E-state index in [1.54, 1.807) is 12.1 Å². The molecule has 0 atom stereocenters. The molecule has 0 aliphatic carbocycles. The summed E-state index contributed by atoms with van der Waals surface area (Å²) in [7, 11) is 8.16. The number of nitrogens with one attached hydrogen (secondary N) is 2. The molecule has 4 rings (SSSR count). The quantitative estimate of drug-likeness (QED) is 0.317. The van der Waals surface area contributed by atoms with Crippen LogP contribution in [0.3, 0.4) is 0 Å². The molecule has 2 N–H and O–H groups in total. The van der Waals surface area contributed by atoms with Crippen LogP contribution in [0.1, 0.15) is 11.1 Å². The van der Waals surface area contributed by atoms with Gasteiger partial charge in [0.15, 0.2) is 0 Å². The van der Waals surface area contributed by atoms with Crippen LogP contribution in [0.15, 0.2) is 48.8 Å². The second-order valence-electron chi connectivity index (χ2n) is 8.55. The van der Waals surface area contributed by atoms with Gasteiger partial charge in [-0.3, -0.25) is 0 Å². The molecule has 0 fully saturated rings. The number of carbonyl (C=O) groups is 1. The summed E-state index contributed by atoms with van der Waals surface area (Å²) in [6, 6.07) is 11.3. The summed E-state index contributed by atoms with van der Waals surface area (Å²) < 4.78 is 11.4. The molecule has 0 unspecified atom stereocenters. The first-order valence-electron chi connectivity index (χ1n) is 10.8. The zero-order valence-electron chi connectivity index (χ0n) is 19.1. The van der Waals surface area contributed by atoms with Gasteiger partial charge in [0.25, 0.3) is 0 Å². The highest BCUT2D eigenvalue weighted by Crippen LogP contribution is 2.32. The number of rotatable bonds is 8. The molecule has 2 aromatic heterocycles. The lowest BCUT2D eigenvalue weighted by Crippen LogP contribution is -2.16. The van der Waals surface area contributed by atoms with Gasteiger partial charge in [0.1, 0.15) is 11.5 Å². The third kappa shape index (κ3) is 4.79. The highest BCUT2D eigenvalue weighted by Gasteiger charge is 2.17.